The summed E-state index contributed by atoms with van der Waals surface area (Å²) in [5.74, 6) is -0.616. The summed E-state index contributed by atoms with van der Waals surface area (Å²) in [6.07, 6.45) is 1.61. The second kappa shape index (κ2) is 12.8. The van der Waals surface area contributed by atoms with E-state index in [4.69, 9.17) is 25.7 Å². The van der Waals surface area contributed by atoms with Crippen molar-refractivity contribution < 1.29 is 23.8 Å². The van der Waals surface area contributed by atoms with E-state index in [0.29, 0.717) is 43.1 Å². The second-order valence-electron chi connectivity index (χ2n) is 11.0. The number of carbonyl (C=O) groups excluding carboxylic acids is 1. The van der Waals surface area contributed by atoms with Crippen molar-refractivity contribution in [3.8, 4) is 11.3 Å². The van der Waals surface area contributed by atoms with Crippen LogP contribution < -0.4 is 14.9 Å². The number of carbonyl (C=O) groups is 2. The largest absolute Gasteiger partial charge is 0.478 e. The summed E-state index contributed by atoms with van der Waals surface area (Å²) in [6, 6.07) is 24.2. The van der Waals surface area contributed by atoms with Gasteiger partial charge in [-0.05, 0) is 54.3 Å². The quantitative estimate of drug-likeness (QED) is 0.188. The third kappa shape index (κ3) is 5.87. The number of thiazole rings is 1. The lowest BCUT2D eigenvalue weighted by Gasteiger charge is -2.26. The van der Waals surface area contributed by atoms with Gasteiger partial charge in [-0.15, -0.1) is 0 Å². The van der Waals surface area contributed by atoms with Crippen LogP contribution in [0.2, 0.25) is 5.02 Å². The normalized spacial score (nSPS) is 14.7. The number of hydrogen-bond donors (Lipinski definition) is 1. The van der Waals surface area contributed by atoms with Gasteiger partial charge in [-0.2, -0.15) is 0 Å². The maximum Gasteiger partial charge on any atom is 0.338 e. The van der Waals surface area contributed by atoms with Crippen molar-refractivity contribution in [3.05, 3.63) is 143 Å². The summed E-state index contributed by atoms with van der Waals surface area (Å²) in [5, 5.41) is 9.74. The van der Waals surface area contributed by atoms with Gasteiger partial charge < -0.3 is 14.3 Å². The molecule has 2 aromatic heterocycles. The zero-order valence-electron chi connectivity index (χ0n) is 25.2. The lowest BCUT2D eigenvalue weighted by atomic mass is 9.91. The first-order chi connectivity index (χ1) is 22.2. The fourth-order valence-corrected chi connectivity index (χ4v) is 6.56. The third-order valence-corrected chi connectivity index (χ3v) is 8.98. The molecule has 0 spiro atoms. The molecular weight excluding hydrogens is 624 g/mol. The van der Waals surface area contributed by atoms with E-state index in [0.717, 1.165) is 16.7 Å². The minimum absolute atomic E-state index is 0.0683. The first-order valence-corrected chi connectivity index (χ1v) is 15.9. The molecule has 0 amide bonds. The van der Waals surface area contributed by atoms with Crippen molar-refractivity contribution in [3.63, 3.8) is 0 Å². The molecule has 0 unspecified atom stereocenters. The number of carboxylic acids is 1. The van der Waals surface area contributed by atoms with E-state index < -0.39 is 18.0 Å². The number of esters is 1. The number of halogens is 1. The molecule has 0 saturated heterocycles. The molecule has 46 heavy (non-hydrogen) atoms. The zero-order chi connectivity index (χ0) is 32.5. The van der Waals surface area contributed by atoms with Crippen LogP contribution in [0.4, 0.5) is 0 Å². The molecule has 3 heterocycles. The fraction of sp³-hybridized carbons (Fsp3) is 0.167. The molecule has 0 saturated carbocycles. The van der Waals surface area contributed by atoms with E-state index >= 15 is 0 Å². The molecule has 0 fully saturated rings. The molecule has 1 aliphatic heterocycles. The third-order valence-electron chi connectivity index (χ3n) is 7.67. The number of hydrogen-bond acceptors (Lipinski definition) is 7. The number of fused-ring (bicyclic) bond motifs is 1. The molecule has 1 N–H and O–H groups in total. The van der Waals surface area contributed by atoms with Gasteiger partial charge in [0.25, 0.3) is 5.56 Å². The number of rotatable bonds is 8. The summed E-state index contributed by atoms with van der Waals surface area (Å²) in [6.45, 7) is 6.11. The Morgan fingerprint density at radius 3 is 2.48 bits per heavy atom. The van der Waals surface area contributed by atoms with Crippen LogP contribution in [0.3, 0.4) is 0 Å². The Bertz CT molecular complexity index is 2180. The van der Waals surface area contributed by atoms with Gasteiger partial charge in [-0.3, -0.25) is 9.36 Å². The molecular formula is C36H29ClN2O6S. The van der Waals surface area contributed by atoms with E-state index in [1.54, 1.807) is 25.1 Å². The second-order valence-corrected chi connectivity index (χ2v) is 12.4. The minimum atomic E-state index is -1.09. The van der Waals surface area contributed by atoms with Crippen molar-refractivity contribution in [1.29, 1.82) is 0 Å². The minimum Gasteiger partial charge on any atom is -0.478 e. The summed E-state index contributed by atoms with van der Waals surface area (Å²) in [4.78, 5) is 44.6. The molecule has 8 nitrogen and oxygen atoms in total. The van der Waals surface area contributed by atoms with Crippen LogP contribution in [0, 0.1) is 0 Å². The topological polar surface area (TPSA) is 111 Å². The van der Waals surface area contributed by atoms with Crippen molar-refractivity contribution in [1.82, 2.24) is 4.57 Å². The molecule has 1 atom stereocenters. The molecule has 3 aromatic carbocycles. The molecule has 6 rings (SSSR count). The number of nitrogens with zero attached hydrogens (tertiary/aromatic N) is 2. The summed E-state index contributed by atoms with van der Waals surface area (Å²) < 4.78 is 13.4. The van der Waals surface area contributed by atoms with Gasteiger partial charge in [0.15, 0.2) is 4.80 Å². The maximum atomic E-state index is 14.2. The first kappa shape index (κ1) is 31.0. The predicted octanol–water partition coefficient (Wildman–Crippen LogP) is 6.67. The number of carboxylic acid groups (broad SMARTS) is 1. The molecule has 5 aromatic rings. The molecule has 0 radical (unpaired) electrons. The highest BCUT2D eigenvalue weighted by atomic mass is 35.5. The van der Waals surface area contributed by atoms with Crippen LogP contribution in [0.15, 0.2) is 105 Å². The van der Waals surface area contributed by atoms with Crippen LogP contribution in [0.25, 0.3) is 23.1 Å². The number of aromatic carboxylic acids is 1. The van der Waals surface area contributed by atoms with Gasteiger partial charge in [0.05, 0.1) is 39.0 Å². The summed E-state index contributed by atoms with van der Waals surface area (Å²) in [7, 11) is 0. The Balaban J connectivity index is 1.54. The molecule has 0 aliphatic carbocycles. The highest BCUT2D eigenvalue weighted by Crippen LogP contribution is 2.36. The van der Waals surface area contributed by atoms with Crippen LogP contribution >= 0.6 is 22.9 Å². The number of benzene rings is 3. The van der Waals surface area contributed by atoms with E-state index in [1.807, 2.05) is 54.6 Å². The van der Waals surface area contributed by atoms with Gasteiger partial charge in [0, 0.05) is 17.2 Å². The molecule has 0 bridgehead atoms. The standard InChI is InChI=1S/C36H29ClN2O6S/c1-4-44-35(43)30-31(22-8-6-5-7-9-22)38-36-39(32(30)23-12-10-21(11-13-23)20(2)3)33(40)29(46-36)19-25-15-17-28(45-25)26-18-24(34(41)42)14-16-27(26)37/h5-20,32H,4H2,1-3H3,(H,41,42)/b29-19-/t32-/m1/s1. The average Bonchev–Trinajstić information content (AvgIpc) is 3.64. The predicted molar refractivity (Wildman–Crippen MR) is 178 cm³/mol. The Kier molecular flexibility index (Phi) is 8.62. The summed E-state index contributed by atoms with van der Waals surface area (Å²) >= 11 is 7.54. The Labute approximate surface area is 273 Å². The Hall–Kier alpha value is -4.99. The first-order valence-electron chi connectivity index (χ1n) is 14.7. The van der Waals surface area contributed by atoms with Crippen LogP contribution in [0.1, 0.15) is 65.5 Å². The van der Waals surface area contributed by atoms with E-state index in [-0.39, 0.29) is 23.3 Å². The van der Waals surface area contributed by atoms with Crippen molar-refractivity contribution >= 4 is 46.6 Å². The Morgan fingerprint density at radius 2 is 1.80 bits per heavy atom. The van der Waals surface area contributed by atoms with Crippen LogP contribution in [0.5, 0.6) is 0 Å². The van der Waals surface area contributed by atoms with Crippen molar-refractivity contribution in [2.45, 2.75) is 32.7 Å². The Morgan fingerprint density at radius 1 is 1.07 bits per heavy atom. The number of ether oxygens (including phenoxy) is 1. The molecule has 232 valence electrons. The van der Waals surface area contributed by atoms with Gasteiger partial charge in [0.1, 0.15) is 11.5 Å². The average molecular weight is 653 g/mol. The fourth-order valence-electron chi connectivity index (χ4n) is 5.37. The van der Waals surface area contributed by atoms with E-state index in [1.165, 1.54) is 34.1 Å². The highest BCUT2D eigenvalue weighted by Gasteiger charge is 2.35. The number of furan rings is 1. The lowest BCUT2D eigenvalue weighted by molar-refractivity contribution is -0.138. The monoisotopic (exact) mass is 652 g/mol. The van der Waals surface area contributed by atoms with E-state index in [9.17, 15) is 19.5 Å². The SMILES string of the molecule is CCOC(=O)C1=C(c2ccccc2)N=c2s/c(=C\c3ccc(-c4cc(C(=O)O)ccc4Cl)o3)c(=O)n2[C@@H]1c1ccc(C(C)C)cc1. The van der Waals surface area contributed by atoms with Gasteiger partial charge >= 0.3 is 11.9 Å². The zero-order valence-corrected chi connectivity index (χ0v) is 26.8. The van der Waals surface area contributed by atoms with Gasteiger partial charge in [-0.1, -0.05) is 91.4 Å². The lowest BCUT2D eigenvalue weighted by Crippen LogP contribution is -2.40. The van der Waals surface area contributed by atoms with Crippen molar-refractivity contribution in [2.75, 3.05) is 6.61 Å². The van der Waals surface area contributed by atoms with Gasteiger partial charge in [-0.25, -0.2) is 14.6 Å². The molecule has 1 aliphatic rings. The highest BCUT2D eigenvalue weighted by molar-refractivity contribution is 7.07. The van der Waals surface area contributed by atoms with Crippen LogP contribution in [-0.4, -0.2) is 28.2 Å². The maximum absolute atomic E-state index is 14.2. The number of aromatic nitrogens is 1. The van der Waals surface area contributed by atoms with E-state index in [2.05, 4.69) is 13.8 Å². The van der Waals surface area contributed by atoms with Gasteiger partial charge in [0.2, 0.25) is 0 Å². The molecule has 10 heteroatoms. The summed E-state index contributed by atoms with van der Waals surface area (Å²) in [5.41, 5.74) is 3.46. The van der Waals surface area contributed by atoms with Crippen molar-refractivity contribution in [2.24, 2.45) is 4.99 Å². The van der Waals surface area contributed by atoms with Crippen LogP contribution in [-0.2, 0) is 9.53 Å². The smallest absolute Gasteiger partial charge is 0.338 e.